The zero-order valence-corrected chi connectivity index (χ0v) is 16.6. The summed E-state index contributed by atoms with van der Waals surface area (Å²) in [6.07, 6.45) is 2.15. The zero-order valence-electron chi connectivity index (χ0n) is 15.8. The summed E-state index contributed by atoms with van der Waals surface area (Å²) in [7, 11) is 3.98. The summed E-state index contributed by atoms with van der Waals surface area (Å²) in [6, 6.07) is 5.92. The summed E-state index contributed by atoms with van der Waals surface area (Å²) in [6.45, 7) is 2.80. The second kappa shape index (κ2) is 7.09. The van der Waals surface area contributed by atoms with Crippen LogP contribution in [-0.2, 0) is 11.8 Å². The molecule has 2 amide bonds. The van der Waals surface area contributed by atoms with Crippen LogP contribution in [0.4, 0.5) is 0 Å². The second-order valence-corrected chi connectivity index (χ2v) is 8.44. The molecule has 4 rings (SSSR count). The Balaban J connectivity index is 1.55. The Bertz CT molecular complexity index is 846. The Morgan fingerprint density at radius 3 is 2.93 bits per heavy atom. The highest BCUT2D eigenvalue weighted by molar-refractivity contribution is 7.13. The molecule has 144 valence electrons. The van der Waals surface area contributed by atoms with Gasteiger partial charge in [-0.1, -0.05) is 6.07 Å². The van der Waals surface area contributed by atoms with Crippen LogP contribution in [0.25, 0.3) is 10.6 Å². The number of aromatic nitrogens is 2. The van der Waals surface area contributed by atoms with Gasteiger partial charge in [-0.3, -0.25) is 19.2 Å². The summed E-state index contributed by atoms with van der Waals surface area (Å²) in [4.78, 5) is 30.3. The summed E-state index contributed by atoms with van der Waals surface area (Å²) < 4.78 is 1.78. The molecule has 1 atom stereocenters. The van der Waals surface area contributed by atoms with E-state index in [2.05, 4.69) is 22.4 Å². The molecule has 0 aromatic carbocycles. The first-order chi connectivity index (χ1) is 13.0. The number of rotatable bonds is 2. The van der Waals surface area contributed by atoms with Gasteiger partial charge in [0.05, 0.1) is 10.6 Å². The number of hydrogen-bond acceptors (Lipinski definition) is 5. The number of nitrogens with one attached hydrogen (secondary N) is 1. The number of hydrogen-bond donors (Lipinski definition) is 1. The van der Waals surface area contributed by atoms with Crippen LogP contribution in [0.15, 0.2) is 23.6 Å². The molecule has 0 unspecified atom stereocenters. The van der Waals surface area contributed by atoms with Crippen LogP contribution in [0.5, 0.6) is 0 Å². The molecule has 1 N–H and O–H groups in total. The Labute approximate surface area is 162 Å². The Morgan fingerprint density at radius 1 is 1.30 bits per heavy atom. The lowest BCUT2D eigenvalue weighted by molar-refractivity contribution is -0.121. The Kier molecular flexibility index (Phi) is 4.77. The average molecular weight is 388 g/mol. The van der Waals surface area contributed by atoms with Gasteiger partial charge in [0, 0.05) is 45.2 Å². The van der Waals surface area contributed by atoms with E-state index in [0.29, 0.717) is 31.7 Å². The van der Waals surface area contributed by atoms with Gasteiger partial charge in [0.1, 0.15) is 0 Å². The number of aryl methyl sites for hydroxylation is 1. The van der Waals surface area contributed by atoms with Crippen molar-refractivity contribution in [1.29, 1.82) is 0 Å². The van der Waals surface area contributed by atoms with Crippen LogP contribution in [0.1, 0.15) is 29.8 Å². The van der Waals surface area contributed by atoms with Gasteiger partial charge in [0.25, 0.3) is 5.91 Å². The number of carbonyl (C=O) groups is 2. The van der Waals surface area contributed by atoms with E-state index >= 15 is 0 Å². The lowest BCUT2D eigenvalue weighted by Crippen LogP contribution is -2.62. The number of nitrogens with zero attached hydrogens (tertiary/aromatic N) is 4. The normalized spacial score (nSPS) is 24.1. The van der Waals surface area contributed by atoms with Gasteiger partial charge in [-0.15, -0.1) is 11.3 Å². The number of amides is 2. The summed E-state index contributed by atoms with van der Waals surface area (Å²) in [5.41, 5.74) is 1.31. The van der Waals surface area contributed by atoms with Crippen molar-refractivity contribution in [3.8, 4) is 10.6 Å². The molecule has 0 radical (unpaired) electrons. The van der Waals surface area contributed by atoms with E-state index < -0.39 is 0 Å². The molecule has 2 fully saturated rings. The van der Waals surface area contributed by atoms with E-state index in [1.54, 1.807) is 16.0 Å². The van der Waals surface area contributed by atoms with Crippen molar-refractivity contribution >= 4 is 23.2 Å². The summed E-state index contributed by atoms with van der Waals surface area (Å²) in [5.74, 6) is 0.0819. The molecule has 1 spiro atoms. The predicted octanol–water partition coefficient (Wildman–Crippen LogP) is 1.58. The minimum absolute atomic E-state index is 0.0237. The van der Waals surface area contributed by atoms with Gasteiger partial charge >= 0.3 is 0 Å². The zero-order chi connectivity index (χ0) is 19.0. The third-order valence-corrected chi connectivity index (χ3v) is 6.78. The molecular weight excluding hydrogens is 362 g/mol. The maximum absolute atomic E-state index is 13.2. The smallest absolute Gasteiger partial charge is 0.274 e. The van der Waals surface area contributed by atoms with Crippen molar-refractivity contribution in [1.82, 2.24) is 24.9 Å². The maximum atomic E-state index is 13.2. The quantitative estimate of drug-likeness (QED) is 0.849. The molecule has 2 aliphatic heterocycles. The highest BCUT2D eigenvalue weighted by Crippen LogP contribution is 2.31. The highest BCUT2D eigenvalue weighted by atomic mass is 32.1. The maximum Gasteiger partial charge on any atom is 0.274 e. The van der Waals surface area contributed by atoms with Gasteiger partial charge in [0.2, 0.25) is 5.91 Å². The van der Waals surface area contributed by atoms with E-state index in [-0.39, 0.29) is 17.4 Å². The molecule has 7 nitrogen and oxygen atoms in total. The number of piperazine rings is 1. The van der Waals surface area contributed by atoms with Crippen molar-refractivity contribution < 1.29 is 9.59 Å². The molecular formula is C19H25N5O2S. The molecule has 27 heavy (non-hydrogen) atoms. The lowest BCUT2D eigenvalue weighted by Gasteiger charge is -2.49. The van der Waals surface area contributed by atoms with Crippen molar-refractivity contribution in [3.05, 3.63) is 29.3 Å². The fraction of sp³-hybridized carbons (Fsp3) is 0.526. The minimum Gasteiger partial charge on any atom is -0.356 e. The van der Waals surface area contributed by atoms with Gasteiger partial charge in [-0.2, -0.15) is 5.10 Å². The molecule has 0 bridgehead atoms. The van der Waals surface area contributed by atoms with Crippen LogP contribution in [0.2, 0.25) is 0 Å². The third kappa shape index (κ3) is 3.39. The van der Waals surface area contributed by atoms with Crippen LogP contribution >= 0.6 is 11.3 Å². The monoisotopic (exact) mass is 387 g/mol. The molecule has 0 saturated carbocycles. The first kappa shape index (κ1) is 18.2. The molecule has 2 aromatic rings. The molecule has 8 heteroatoms. The largest absolute Gasteiger partial charge is 0.356 e. The Hall–Kier alpha value is -2.19. The van der Waals surface area contributed by atoms with Crippen LogP contribution in [0.3, 0.4) is 0 Å². The molecule has 2 aromatic heterocycles. The standard InChI is InChI=1S/C19H25N5O2S/c1-22-9-10-24(13-19(22)6-5-17(25)20-8-7-19)18(26)14-12-15(23(2)21-14)16-4-3-11-27-16/h3-4,11-12H,5-10,13H2,1-2H3,(H,20,25)/t19-/m0/s1. The third-order valence-electron chi connectivity index (χ3n) is 5.89. The average Bonchev–Trinajstić information content (AvgIpc) is 3.27. The molecule has 2 aliphatic rings. The molecule has 4 heterocycles. The first-order valence-corrected chi connectivity index (χ1v) is 10.2. The molecule has 0 aliphatic carbocycles. The van der Waals surface area contributed by atoms with Crippen LogP contribution in [-0.4, -0.2) is 70.2 Å². The minimum atomic E-state index is -0.140. The van der Waals surface area contributed by atoms with Crippen molar-refractivity contribution in [3.63, 3.8) is 0 Å². The van der Waals surface area contributed by atoms with E-state index in [0.717, 1.165) is 30.0 Å². The fourth-order valence-corrected chi connectivity index (χ4v) is 4.93. The van der Waals surface area contributed by atoms with Gasteiger partial charge in [-0.25, -0.2) is 0 Å². The van der Waals surface area contributed by atoms with Gasteiger partial charge in [-0.05, 0) is 37.4 Å². The SMILES string of the molecule is CN1CCN(C(=O)c2cc(-c3cccs3)n(C)n2)C[C@]12CCNC(=O)CC2. The topological polar surface area (TPSA) is 70.5 Å². The van der Waals surface area contributed by atoms with E-state index in [9.17, 15) is 9.59 Å². The summed E-state index contributed by atoms with van der Waals surface area (Å²) in [5, 5.41) is 9.46. The Morgan fingerprint density at radius 2 is 2.15 bits per heavy atom. The van der Waals surface area contributed by atoms with E-state index in [1.807, 2.05) is 35.5 Å². The highest BCUT2D eigenvalue weighted by Gasteiger charge is 2.42. The van der Waals surface area contributed by atoms with Crippen LogP contribution < -0.4 is 5.32 Å². The number of thiophene rings is 1. The van der Waals surface area contributed by atoms with E-state index in [1.165, 1.54) is 0 Å². The number of likely N-dealkylation sites (N-methyl/N-ethyl adjacent to an activating group) is 1. The second-order valence-electron chi connectivity index (χ2n) is 7.49. The van der Waals surface area contributed by atoms with Gasteiger partial charge in [0.15, 0.2) is 5.69 Å². The van der Waals surface area contributed by atoms with E-state index in [4.69, 9.17) is 0 Å². The van der Waals surface area contributed by atoms with Crippen LogP contribution in [0, 0.1) is 0 Å². The van der Waals surface area contributed by atoms with Gasteiger partial charge < -0.3 is 10.2 Å². The number of carbonyl (C=O) groups excluding carboxylic acids is 2. The summed E-state index contributed by atoms with van der Waals surface area (Å²) >= 11 is 1.64. The van der Waals surface area contributed by atoms with Crippen molar-refractivity contribution in [2.45, 2.75) is 24.8 Å². The lowest BCUT2D eigenvalue weighted by atomic mass is 9.86. The predicted molar refractivity (Wildman–Crippen MR) is 105 cm³/mol. The fourth-order valence-electron chi connectivity index (χ4n) is 4.16. The van der Waals surface area contributed by atoms with Crippen molar-refractivity contribution in [2.24, 2.45) is 7.05 Å². The van der Waals surface area contributed by atoms with Crippen molar-refractivity contribution in [2.75, 3.05) is 33.2 Å². The molecule has 2 saturated heterocycles. The first-order valence-electron chi connectivity index (χ1n) is 9.34.